The minimum atomic E-state index is -0.274. The molecule has 1 amide bonds. The van der Waals surface area contributed by atoms with E-state index in [-0.39, 0.29) is 11.9 Å². The van der Waals surface area contributed by atoms with Gasteiger partial charge in [0.1, 0.15) is 17.5 Å². The molecule has 0 saturated heterocycles. The molecule has 2 aromatic rings. The highest BCUT2D eigenvalue weighted by Crippen LogP contribution is 2.30. The molecule has 2 N–H and O–H groups in total. The predicted molar refractivity (Wildman–Crippen MR) is 85.7 cm³/mol. The van der Waals surface area contributed by atoms with Gasteiger partial charge in [-0.25, -0.2) is 0 Å². The van der Waals surface area contributed by atoms with Crippen molar-refractivity contribution < 1.29 is 14.3 Å². The largest absolute Gasteiger partial charge is 0.497 e. The van der Waals surface area contributed by atoms with Crippen molar-refractivity contribution in [3.05, 3.63) is 48.0 Å². The quantitative estimate of drug-likeness (QED) is 0.911. The standard InChI is InChI=1S/C17H18N2O3/c1-21-12-7-8-14(16(10-12)22-2)19-17(20)15-9-11-5-3-4-6-13(11)18-15/h3-8,10,15,18H,9H2,1-2H3,(H,19,20). The van der Waals surface area contributed by atoms with Crippen molar-refractivity contribution in [1.29, 1.82) is 0 Å². The van der Waals surface area contributed by atoms with Gasteiger partial charge < -0.3 is 20.1 Å². The Bertz CT molecular complexity index is 675. The third-order valence-electron chi connectivity index (χ3n) is 3.75. The summed E-state index contributed by atoms with van der Waals surface area (Å²) in [4.78, 5) is 12.4. The number of hydrogen-bond acceptors (Lipinski definition) is 4. The molecule has 2 aromatic carbocycles. The normalized spacial score (nSPS) is 15.6. The first kappa shape index (κ1) is 14.3. The Labute approximate surface area is 129 Å². The van der Waals surface area contributed by atoms with Crippen molar-refractivity contribution in [2.45, 2.75) is 12.5 Å². The monoisotopic (exact) mass is 298 g/mol. The molecule has 1 unspecified atom stereocenters. The zero-order chi connectivity index (χ0) is 15.5. The van der Waals surface area contributed by atoms with Gasteiger partial charge in [-0.15, -0.1) is 0 Å². The molecule has 5 nitrogen and oxygen atoms in total. The number of rotatable bonds is 4. The van der Waals surface area contributed by atoms with E-state index in [2.05, 4.69) is 10.6 Å². The van der Waals surface area contributed by atoms with Crippen LogP contribution in [0.25, 0.3) is 0 Å². The van der Waals surface area contributed by atoms with Gasteiger partial charge in [0.15, 0.2) is 0 Å². The smallest absolute Gasteiger partial charge is 0.247 e. The Balaban J connectivity index is 1.73. The number of fused-ring (bicyclic) bond motifs is 1. The molecule has 5 heteroatoms. The Morgan fingerprint density at radius 1 is 1.18 bits per heavy atom. The van der Waals surface area contributed by atoms with Crippen LogP contribution in [0, 0.1) is 0 Å². The fraction of sp³-hybridized carbons (Fsp3) is 0.235. The van der Waals surface area contributed by atoms with Crippen molar-refractivity contribution in [2.24, 2.45) is 0 Å². The van der Waals surface area contributed by atoms with Crippen LogP contribution in [-0.4, -0.2) is 26.2 Å². The molecular weight excluding hydrogens is 280 g/mol. The van der Waals surface area contributed by atoms with E-state index in [9.17, 15) is 4.79 Å². The van der Waals surface area contributed by atoms with Crippen LogP contribution >= 0.6 is 0 Å². The molecule has 0 aromatic heterocycles. The fourth-order valence-electron chi connectivity index (χ4n) is 2.58. The molecule has 0 fully saturated rings. The third-order valence-corrected chi connectivity index (χ3v) is 3.75. The van der Waals surface area contributed by atoms with Gasteiger partial charge in [-0.05, 0) is 23.8 Å². The Morgan fingerprint density at radius 3 is 2.73 bits per heavy atom. The maximum absolute atomic E-state index is 12.4. The van der Waals surface area contributed by atoms with Gasteiger partial charge in [0, 0.05) is 18.2 Å². The number of ether oxygens (including phenoxy) is 2. The summed E-state index contributed by atoms with van der Waals surface area (Å²) in [5, 5.41) is 6.14. The molecule has 0 saturated carbocycles. The van der Waals surface area contributed by atoms with Crippen LogP contribution in [0.1, 0.15) is 5.56 Å². The lowest BCUT2D eigenvalue weighted by Crippen LogP contribution is -2.32. The lowest BCUT2D eigenvalue weighted by molar-refractivity contribution is -0.116. The number of para-hydroxylation sites is 1. The van der Waals surface area contributed by atoms with Gasteiger partial charge in [-0.2, -0.15) is 0 Å². The van der Waals surface area contributed by atoms with Crippen LogP contribution < -0.4 is 20.1 Å². The maximum Gasteiger partial charge on any atom is 0.247 e. The molecular formula is C17H18N2O3. The van der Waals surface area contributed by atoms with Crippen LogP contribution in [0.4, 0.5) is 11.4 Å². The molecule has 22 heavy (non-hydrogen) atoms. The topological polar surface area (TPSA) is 59.6 Å². The molecule has 0 aliphatic carbocycles. The first-order valence-electron chi connectivity index (χ1n) is 7.08. The van der Waals surface area contributed by atoms with E-state index in [4.69, 9.17) is 9.47 Å². The lowest BCUT2D eigenvalue weighted by Gasteiger charge is -2.15. The summed E-state index contributed by atoms with van der Waals surface area (Å²) >= 11 is 0. The van der Waals surface area contributed by atoms with Gasteiger partial charge >= 0.3 is 0 Å². The van der Waals surface area contributed by atoms with Gasteiger partial charge in [0.2, 0.25) is 5.91 Å². The summed E-state index contributed by atoms with van der Waals surface area (Å²) in [5.41, 5.74) is 2.81. The van der Waals surface area contributed by atoms with Crippen LogP contribution in [-0.2, 0) is 11.2 Å². The molecule has 1 aliphatic heterocycles. The summed E-state index contributed by atoms with van der Waals surface area (Å²) in [5.74, 6) is 1.17. The number of carbonyl (C=O) groups is 1. The number of anilines is 2. The van der Waals surface area contributed by atoms with E-state index in [0.29, 0.717) is 23.6 Å². The van der Waals surface area contributed by atoms with Crippen molar-refractivity contribution in [1.82, 2.24) is 0 Å². The second-order valence-electron chi connectivity index (χ2n) is 5.11. The Kier molecular flexibility index (Phi) is 3.87. The van der Waals surface area contributed by atoms with Gasteiger partial charge in [-0.3, -0.25) is 4.79 Å². The summed E-state index contributed by atoms with van der Waals surface area (Å²) < 4.78 is 10.5. The summed E-state index contributed by atoms with van der Waals surface area (Å²) in [7, 11) is 3.15. The molecule has 0 spiro atoms. The van der Waals surface area contributed by atoms with Crippen molar-refractivity contribution in [3.63, 3.8) is 0 Å². The summed E-state index contributed by atoms with van der Waals surface area (Å²) in [6.45, 7) is 0. The van der Waals surface area contributed by atoms with Gasteiger partial charge in [-0.1, -0.05) is 18.2 Å². The number of nitrogens with one attached hydrogen (secondary N) is 2. The van der Waals surface area contributed by atoms with Gasteiger partial charge in [0.05, 0.1) is 19.9 Å². The predicted octanol–water partition coefficient (Wildman–Crippen LogP) is 2.68. The van der Waals surface area contributed by atoms with E-state index in [1.807, 2.05) is 24.3 Å². The highest BCUT2D eigenvalue weighted by molar-refractivity contribution is 5.99. The average molecular weight is 298 g/mol. The van der Waals surface area contributed by atoms with Crippen molar-refractivity contribution >= 4 is 17.3 Å². The third kappa shape index (κ3) is 2.70. The maximum atomic E-state index is 12.4. The van der Waals surface area contributed by atoms with Crippen molar-refractivity contribution in [3.8, 4) is 11.5 Å². The second kappa shape index (κ2) is 5.97. The van der Waals surface area contributed by atoms with Crippen LogP contribution in [0.5, 0.6) is 11.5 Å². The highest BCUT2D eigenvalue weighted by Gasteiger charge is 2.26. The molecule has 0 bridgehead atoms. The van der Waals surface area contributed by atoms with E-state index in [0.717, 1.165) is 11.3 Å². The minimum absolute atomic E-state index is 0.0836. The number of amides is 1. The zero-order valence-corrected chi connectivity index (χ0v) is 12.6. The molecule has 1 heterocycles. The van der Waals surface area contributed by atoms with Crippen molar-refractivity contribution in [2.75, 3.05) is 24.9 Å². The molecule has 1 aliphatic rings. The summed E-state index contributed by atoms with van der Waals surface area (Å²) in [6, 6.07) is 13.0. The summed E-state index contributed by atoms with van der Waals surface area (Å²) in [6.07, 6.45) is 0.681. The zero-order valence-electron chi connectivity index (χ0n) is 12.6. The SMILES string of the molecule is COc1ccc(NC(=O)C2Cc3ccccc3N2)c(OC)c1. The van der Waals surface area contributed by atoms with E-state index < -0.39 is 0 Å². The number of benzene rings is 2. The number of methoxy groups -OCH3 is 2. The highest BCUT2D eigenvalue weighted by atomic mass is 16.5. The second-order valence-corrected chi connectivity index (χ2v) is 5.11. The van der Waals surface area contributed by atoms with E-state index in [1.54, 1.807) is 32.4 Å². The van der Waals surface area contributed by atoms with Crippen LogP contribution in [0.2, 0.25) is 0 Å². The van der Waals surface area contributed by atoms with Crippen LogP contribution in [0.3, 0.4) is 0 Å². The molecule has 1 atom stereocenters. The lowest BCUT2D eigenvalue weighted by atomic mass is 10.1. The number of hydrogen-bond donors (Lipinski definition) is 2. The Morgan fingerprint density at radius 2 is 2.00 bits per heavy atom. The molecule has 114 valence electrons. The van der Waals surface area contributed by atoms with E-state index >= 15 is 0 Å². The van der Waals surface area contributed by atoms with Crippen LogP contribution in [0.15, 0.2) is 42.5 Å². The Hall–Kier alpha value is -2.69. The first-order valence-corrected chi connectivity index (χ1v) is 7.08. The average Bonchev–Trinajstić information content (AvgIpc) is 2.99. The van der Waals surface area contributed by atoms with Gasteiger partial charge in [0.25, 0.3) is 0 Å². The minimum Gasteiger partial charge on any atom is -0.497 e. The first-order chi connectivity index (χ1) is 10.7. The number of carbonyl (C=O) groups excluding carboxylic acids is 1. The molecule has 0 radical (unpaired) electrons. The van der Waals surface area contributed by atoms with E-state index in [1.165, 1.54) is 0 Å². The molecule has 3 rings (SSSR count). The fourth-order valence-corrected chi connectivity index (χ4v) is 2.58.